The van der Waals surface area contributed by atoms with Gasteiger partial charge in [-0.2, -0.15) is 16.9 Å². The van der Waals surface area contributed by atoms with E-state index in [2.05, 4.69) is 17.1 Å². The maximum Gasteiger partial charge on any atom is 0.0779 e. The van der Waals surface area contributed by atoms with Crippen molar-refractivity contribution in [3.05, 3.63) is 17.0 Å². The molecule has 3 heterocycles. The minimum Gasteiger partial charge on any atom is -0.380 e. The van der Waals surface area contributed by atoms with E-state index in [0.29, 0.717) is 5.41 Å². The molecule has 17 heavy (non-hydrogen) atoms. The Hall–Kier alpha value is -0.520. The van der Waals surface area contributed by atoms with Crippen molar-refractivity contribution in [3.8, 4) is 0 Å². The molecule has 0 spiro atoms. The maximum absolute atomic E-state index is 5.49. The third kappa shape index (κ3) is 2.37. The largest absolute Gasteiger partial charge is 0.380 e. The minimum absolute atomic E-state index is 0.386. The molecule has 0 atom stereocenters. The van der Waals surface area contributed by atoms with Gasteiger partial charge in [-0.3, -0.25) is 5.10 Å². The van der Waals surface area contributed by atoms with Crippen LogP contribution in [0.2, 0.25) is 0 Å². The van der Waals surface area contributed by atoms with Gasteiger partial charge in [0.15, 0.2) is 0 Å². The molecule has 94 valence electrons. The van der Waals surface area contributed by atoms with E-state index in [1.165, 1.54) is 17.0 Å². The Morgan fingerprint density at radius 1 is 1.41 bits per heavy atom. The van der Waals surface area contributed by atoms with Gasteiger partial charge in [-0.25, -0.2) is 0 Å². The monoisotopic (exact) mass is 254 g/mol. The Balaban J connectivity index is 1.56. The molecule has 0 unspecified atom stereocenters. The standard InChI is InChI=1S/C12H18N2O2S/c1-12(6-16-7-12)8-17-5-11-9-4-15-3-2-10(9)13-14-11/h2-8H2,1H3,(H,13,14). The number of aromatic nitrogens is 2. The number of hydrogen-bond acceptors (Lipinski definition) is 4. The van der Waals surface area contributed by atoms with Crippen molar-refractivity contribution in [1.82, 2.24) is 10.2 Å². The average molecular weight is 254 g/mol. The lowest BCUT2D eigenvalue weighted by Gasteiger charge is -2.37. The number of nitrogens with zero attached hydrogens (tertiary/aromatic N) is 1. The van der Waals surface area contributed by atoms with Crippen molar-refractivity contribution in [2.75, 3.05) is 25.6 Å². The zero-order valence-corrected chi connectivity index (χ0v) is 10.9. The molecule has 3 rings (SSSR count). The predicted molar refractivity (Wildman–Crippen MR) is 67.0 cm³/mol. The van der Waals surface area contributed by atoms with Gasteiger partial charge in [-0.1, -0.05) is 6.92 Å². The fourth-order valence-electron chi connectivity index (χ4n) is 2.22. The lowest BCUT2D eigenvalue weighted by atomic mass is 9.92. The maximum atomic E-state index is 5.49. The molecule has 1 aromatic heterocycles. The van der Waals surface area contributed by atoms with Crippen molar-refractivity contribution in [2.45, 2.75) is 25.7 Å². The van der Waals surface area contributed by atoms with Gasteiger partial charge < -0.3 is 9.47 Å². The van der Waals surface area contributed by atoms with Crippen molar-refractivity contribution >= 4 is 11.8 Å². The quantitative estimate of drug-likeness (QED) is 0.889. The van der Waals surface area contributed by atoms with Crippen molar-refractivity contribution in [1.29, 1.82) is 0 Å². The zero-order chi connectivity index (χ0) is 11.7. The summed E-state index contributed by atoms with van der Waals surface area (Å²) in [7, 11) is 0. The number of rotatable bonds is 4. The van der Waals surface area contributed by atoms with Crippen LogP contribution in [-0.2, 0) is 28.3 Å². The van der Waals surface area contributed by atoms with Crippen LogP contribution in [0.3, 0.4) is 0 Å². The molecule has 0 amide bonds. The second-order valence-corrected chi connectivity index (χ2v) is 6.21. The van der Waals surface area contributed by atoms with Crippen molar-refractivity contribution in [2.24, 2.45) is 5.41 Å². The number of H-pyrrole nitrogens is 1. The second-order valence-electron chi connectivity index (χ2n) is 5.23. The lowest BCUT2D eigenvalue weighted by Crippen LogP contribution is -2.41. The van der Waals surface area contributed by atoms with Crippen LogP contribution in [0.25, 0.3) is 0 Å². The molecular formula is C12H18N2O2S. The molecule has 0 saturated carbocycles. The highest BCUT2D eigenvalue weighted by Gasteiger charge is 2.33. The van der Waals surface area contributed by atoms with Gasteiger partial charge in [0.05, 0.1) is 32.1 Å². The van der Waals surface area contributed by atoms with Crippen LogP contribution >= 0.6 is 11.8 Å². The average Bonchev–Trinajstić information content (AvgIpc) is 2.71. The highest BCUT2D eigenvalue weighted by atomic mass is 32.2. The van der Waals surface area contributed by atoms with E-state index in [1.54, 1.807) is 0 Å². The third-order valence-electron chi connectivity index (χ3n) is 3.37. The van der Waals surface area contributed by atoms with E-state index in [1.807, 2.05) is 11.8 Å². The first-order chi connectivity index (χ1) is 8.27. The summed E-state index contributed by atoms with van der Waals surface area (Å²) in [6.45, 7) is 5.63. The molecule has 2 aliphatic rings. The number of hydrogen-bond donors (Lipinski definition) is 1. The smallest absolute Gasteiger partial charge is 0.0779 e. The Morgan fingerprint density at radius 3 is 3.06 bits per heavy atom. The summed E-state index contributed by atoms with van der Waals surface area (Å²) >= 11 is 1.95. The molecule has 0 aliphatic carbocycles. The summed E-state index contributed by atoms with van der Waals surface area (Å²) < 4.78 is 10.7. The molecule has 1 fully saturated rings. The molecule has 4 nitrogen and oxygen atoms in total. The van der Waals surface area contributed by atoms with Gasteiger partial charge in [-0.15, -0.1) is 0 Å². The summed E-state index contributed by atoms with van der Waals surface area (Å²) in [4.78, 5) is 0. The lowest BCUT2D eigenvalue weighted by molar-refractivity contribution is -0.0861. The van der Waals surface area contributed by atoms with Crippen LogP contribution in [0.1, 0.15) is 23.9 Å². The number of thioether (sulfide) groups is 1. The van der Waals surface area contributed by atoms with Crippen molar-refractivity contribution < 1.29 is 9.47 Å². The van der Waals surface area contributed by atoms with E-state index in [9.17, 15) is 0 Å². The van der Waals surface area contributed by atoms with Gasteiger partial charge in [0.1, 0.15) is 0 Å². The van der Waals surface area contributed by atoms with Gasteiger partial charge >= 0.3 is 0 Å². The van der Waals surface area contributed by atoms with E-state index in [0.717, 1.165) is 44.4 Å². The zero-order valence-electron chi connectivity index (χ0n) is 10.1. The highest BCUT2D eigenvalue weighted by Crippen LogP contribution is 2.32. The Kier molecular flexibility index (Phi) is 3.15. The SMILES string of the molecule is CC1(CSCc2n[nH]c3c2COCC3)COC1. The fourth-order valence-corrected chi connectivity index (χ4v) is 3.41. The van der Waals surface area contributed by atoms with Gasteiger partial charge in [0.25, 0.3) is 0 Å². The first-order valence-corrected chi connectivity index (χ1v) is 7.21. The molecule has 5 heteroatoms. The number of aromatic amines is 1. The molecular weight excluding hydrogens is 236 g/mol. The summed E-state index contributed by atoms with van der Waals surface area (Å²) in [6, 6.07) is 0. The first kappa shape index (κ1) is 11.6. The molecule has 0 radical (unpaired) electrons. The fraction of sp³-hybridized carbons (Fsp3) is 0.750. The summed E-state index contributed by atoms with van der Waals surface area (Å²) in [5.41, 5.74) is 4.12. The minimum atomic E-state index is 0.386. The summed E-state index contributed by atoms with van der Waals surface area (Å²) in [6.07, 6.45) is 0.971. The van der Waals surface area contributed by atoms with Crippen LogP contribution < -0.4 is 0 Å². The van der Waals surface area contributed by atoms with Gasteiger partial charge in [-0.05, 0) is 0 Å². The Morgan fingerprint density at radius 2 is 2.29 bits per heavy atom. The topological polar surface area (TPSA) is 47.1 Å². The number of nitrogens with one attached hydrogen (secondary N) is 1. The van der Waals surface area contributed by atoms with Crippen LogP contribution in [-0.4, -0.2) is 35.8 Å². The van der Waals surface area contributed by atoms with E-state index < -0.39 is 0 Å². The van der Waals surface area contributed by atoms with Gasteiger partial charge in [0.2, 0.25) is 0 Å². The normalized spacial score (nSPS) is 21.9. The number of fused-ring (bicyclic) bond motifs is 1. The Bertz CT molecular complexity index is 401. The van der Waals surface area contributed by atoms with E-state index in [4.69, 9.17) is 9.47 Å². The first-order valence-electron chi connectivity index (χ1n) is 6.05. The molecule has 1 aromatic rings. The van der Waals surface area contributed by atoms with Crippen molar-refractivity contribution in [3.63, 3.8) is 0 Å². The Labute approximate surface area is 105 Å². The summed E-state index contributed by atoms with van der Waals surface area (Å²) in [5, 5.41) is 7.54. The molecule has 0 bridgehead atoms. The van der Waals surface area contributed by atoms with E-state index in [-0.39, 0.29) is 0 Å². The van der Waals surface area contributed by atoms with Crippen LogP contribution in [0, 0.1) is 5.41 Å². The third-order valence-corrected chi connectivity index (χ3v) is 4.75. The van der Waals surface area contributed by atoms with Crippen LogP contribution in [0.5, 0.6) is 0 Å². The number of ether oxygens (including phenoxy) is 2. The molecule has 1 N–H and O–H groups in total. The van der Waals surface area contributed by atoms with E-state index >= 15 is 0 Å². The highest BCUT2D eigenvalue weighted by molar-refractivity contribution is 7.98. The molecule has 1 saturated heterocycles. The van der Waals surface area contributed by atoms with Crippen LogP contribution in [0.15, 0.2) is 0 Å². The molecule has 0 aromatic carbocycles. The van der Waals surface area contributed by atoms with Gasteiger partial charge in [0, 0.05) is 34.6 Å². The molecule has 2 aliphatic heterocycles. The predicted octanol–water partition coefficient (Wildman–Crippen LogP) is 1.75. The van der Waals surface area contributed by atoms with Crippen LogP contribution in [0.4, 0.5) is 0 Å². The summed E-state index contributed by atoms with van der Waals surface area (Å²) in [5.74, 6) is 2.13. The second kappa shape index (κ2) is 4.63.